The van der Waals surface area contributed by atoms with Crippen molar-refractivity contribution in [2.24, 2.45) is 5.41 Å². The lowest BCUT2D eigenvalue weighted by molar-refractivity contribution is 0.252. The van der Waals surface area contributed by atoms with E-state index in [2.05, 4.69) is 31.0 Å². The van der Waals surface area contributed by atoms with Crippen molar-refractivity contribution in [1.82, 2.24) is 5.32 Å². The van der Waals surface area contributed by atoms with Crippen LogP contribution in [0.4, 0.5) is 10.1 Å². The number of hydrogen-bond donors (Lipinski definition) is 1. The average molecular weight is 292 g/mol. The van der Waals surface area contributed by atoms with Crippen LogP contribution in [-0.2, 0) is 0 Å². The molecule has 0 spiro atoms. The fourth-order valence-corrected chi connectivity index (χ4v) is 2.89. The van der Waals surface area contributed by atoms with Gasteiger partial charge in [-0.25, -0.2) is 4.39 Å². The number of halogens is 1. The monoisotopic (exact) mass is 292 g/mol. The van der Waals surface area contributed by atoms with Crippen LogP contribution in [0.15, 0.2) is 24.3 Å². The summed E-state index contributed by atoms with van der Waals surface area (Å²) in [7, 11) is 0. The molecule has 2 nitrogen and oxygen atoms in total. The fourth-order valence-electron chi connectivity index (χ4n) is 2.89. The molecule has 1 aliphatic rings. The molecule has 0 bridgehead atoms. The highest BCUT2D eigenvalue weighted by molar-refractivity contribution is 5.46. The Bertz CT molecular complexity index is 439. The smallest absolute Gasteiger partial charge is 0.125 e. The lowest BCUT2D eigenvalue weighted by Crippen LogP contribution is -2.44. The molecule has 2 rings (SSSR count). The topological polar surface area (TPSA) is 15.3 Å². The van der Waals surface area contributed by atoms with Gasteiger partial charge in [0.05, 0.1) is 0 Å². The zero-order valence-corrected chi connectivity index (χ0v) is 13.7. The molecular formula is C18H29FN2. The molecule has 0 heterocycles. The van der Waals surface area contributed by atoms with Crippen LogP contribution in [0.3, 0.4) is 0 Å². The predicted octanol–water partition coefficient (Wildman–Crippen LogP) is 4.21. The second-order valence-corrected chi connectivity index (χ2v) is 6.36. The highest BCUT2D eigenvalue weighted by atomic mass is 19.1. The van der Waals surface area contributed by atoms with E-state index in [4.69, 9.17) is 0 Å². The maximum Gasteiger partial charge on any atom is 0.125 e. The summed E-state index contributed by atoms with van der Waals surface area (Å²) in [5.41, 5.74) is 1.26. The summed E-state index contributed by atoms with van der Waals surface area (Å²) in [6.07, 6.45) is 4.94. The highest BCUT2D eigenvalue weighted by Crippen LogP contribution is 2.31. The molecule has 0 saturated heterocycles. The summed E-state index contributed by atoms with van der Waals surface area (Å²) >= 11 is 0. The van der Waals surface area contributed by atoms with Crippen molar-refractivity contribution in [1.29, 1.82) is 0 Å². The van der Waals surface area contributed by atoms with Crippen molar-refractivity contribution in [3.05, 3.63) is 30.1 Å². The molecule has 0 atom stereocenters. The first-order valence-corrected chi connectivity index (χ1v) is 8.36. The van der Waals surface area contributed by atoms with Gasteiger partial charge in [-0.1, -0.05) is 19.9 Å². The van der Waals surface area contributed by atoms with E-state index in [-0.39, 0.29) is 11.2 Å². The zero-order chi connectivity index (χ0) is 15.3. The van der Waals surface area contributed by atoms with Gasteiger partial charge in [-0.05, 0) is 56.2 Å². The second-order valence-electron chi connectivity index (χ2n) is 6.36. The lowest BCUT2D eigenvalue weighted by atomic mass is 9.81. The van der Waals surface area contributed by atoms with Gasteiger partial charge in [0.25, 0.3) is 0 Å². The van der Waals surface area contributed by atoms with Crippen LogP contribution in [0.25, 0.3) is 0 Å². The zero-order valence-electron chi connectivity index (χ0n) is 13.7. The predicted molar refractivity (Wildman–Crippen MR) is 88.3 cm³/mol. The molecule has 0 aromatic heterocycles. The third-order valence-corrected chi connectivity index (χ3v) is 4.92. The van der Waals surface area contributed by atoms with Crippen molar-refractivity contribution in [2.45, 2.75) is 52.5 Å². The number of hydrogen-bond acceptors (Lipinski definition) is 2. The van der Waals surface area contributed by atoms with Crippen LogP contribution < -0.4 is 10.2 Å². The van der Waals surface area contributed by atoms with Gasteiger partial charge in [-0.15, -0.1) is 0 Å². The van der Waals surface area contributed by atoms with Crippen molar-refractivity contribution < 1.29 is 4.39 Å². The van der Waals surface area contributed by atoms with E-state index in [0.717, 1.165) is 44.2 Å². The van der Waals surface area contributed by atoms with E-state index < -0.39 is 0 Å². The van der Waals surface area contributed by atoms with Crippen molar-refractivity contribution in [3.63, 3.8) is 0 Å². The normalized spacial score (nSPS) is 15.2. The Morgan fingerprint density at radius 1 is 1.24 bits per heavy atom. The average Bonchev–Trinajstić information content (AvgIpc) is 3.33. The molecule has 21 heavy (non-hydrogen) atoms. The molecule has 1 fully saturated rings. The summed E-state index contributed by atoms with van der Waals surface area (Å²) in [6.45, 7) is 9.66. The number of anilines is 1. The van der Waals surface area contributed by atoms with E-state index in [1.165, 1.54) is 18.9 Å². The molecule has 0 aliphatic heterocycles. The Kier molecular flexibility index (Phi) is 5.63. The van der Waals surface area contributed by atoms with Gasteiger partial charge >= 0.3 is 0 Å². The van der Waals surface area contributed by atoms with E-state index in [1.807, 2.05) is 6.07 Å². The summed E-state index contributed by atoms with van der Waals surface area (Å²) in [5.74, 6) is -0.152. The van der Waals surface area contributed by atoms with Crippen molar-refractivity contribution in [3.8, 4) is 0 Å². The molecule has 0 unspecified atom stereocenters. The van der Waals surface area contributed by atoms with Gasteiger partial charge in [0, 0.05) is 31.4 Å². The maximum absolute atomic E-state index is 13.5. The summed E-state index contributed by atoms with van der Waals surface area (Å²) in [6, 6.07) is 7.71. The largest absolute Gasteiger partial charge is 0.371 e. The first-order chi connectivity index (χ1) is 10.1. The van der Waals surface area contributed by atoms with E-state index in [1.54, 1.807) is 12.1 Å². The van der Waals surface area contributed by atoms with Gasteiger partial charge in [0.1, 0.15) is 5.82 Å². The van der Waals surface area contributed by atoms with Crippen molar-refractivity contribution in [2.75, 3.05) is 24.5 Å². The summed E-state index contributed by atoms with van der Waals surface area (Å²) in [4.78, 5) is 2.31. The Hall–Kier alpha value is -1.09. The Morgan fingerprint density at radius 3 is 2.48 bits per heavy atom. The fraction of sp³-hybridized carbons (Fsp3) is 0.667. The van der Waals surface area contributed by atoms with Gasteiger partial charge in [-0.2, -0.15) is 0 Å². The van der Waals surface area contributed by atoms with E-state index in [9.17, 15) is 4.39 Å². The summed E-state index contributed by atoms with van der Waals surface area (Å²) in [5, 5.41) is 3.69. The molecule has 1 aromatic carbocycles. The minimum Gasteiger partial charge on any atom is -0.371 e. The van der Waals surface area contributed by atoms with E-state index in [0.29, 0.717) is 0 Å². The third-order valence-electron chi connectivity index (χ3n) is 4.92. The Labute approximate surface area is 128 Å². The molecule has 1 N–H and O–H groups in total. The number of benzene rings is 1. The van der Waals surface area contributed by atoms with Crippen LogP contribution in [0.1, 0.15) is 46.5 Å². The van der Waals surface area contributed by atoms with E-state index >= 15 is 0 Å². The number of rotatable bonds is 9. The van der Waals surface area contributed by atoms with Crippen LogP contribution in [0.2, 0.25) is 0 Å². The van der Waals surface area contributed by atoms with Gasteiger partial charge in [0.2, 0.25) is 0 Å². The van der Waals surface area contributed by atoms with Gasteiger partial charge < -0.3 is 10.2 Å². The first kappa shape index (κ1) is 16.3. The van der Waals surface area contributed by atoms with Gasteiger partial charge in [0.15, 0.2) is 0 Å². The first-order valence-electron chi connectivity index (χ1n) is 8.36. The van der Waals surface area contributed by atoms with Crippen LogP contribution in [0, 0.1) is 11.2 Å². The lowest BCUT2D eigenvalue weighted by Gasteiger charge is -2.38. The molecule has 0 radical (unpaired) electrons. The minimum absolute atomic E-state index is 0.152. The molecule has 3 heteroatoms. The third kappa shape index (κ3) is 4.44. The molecule has 1 saturated carbocycles. The minimum atomic E-state index is -0.152. The van der Waals surface area contributed by atoms with Gasteiger partial charge in [-0.3, -0.25) is 0 Å². The Morgan fingerprint density at radius 2 is 1.95 bits per heavy atom. The Balaban J connectivity index is 2.08. The molecular weight excluding hydrogens is 263 g/mol. The van der Waals surface area contributed by atoms with Crippen LogP contribution in [-0.4, -0.2) is 25.7 Å². The molecule has 118 valence electrons. The number of nitrogens with zero attached hydrogens (tertiary/aromatic N) is 1. The highest BCUT2D eigenvalue weighted by Gasteiger charge is 2.31. The standard InChI is InChI=1S/C18H29FN2/c1-4-18(5-2,13-20-16-10-11-16)14-21(6-3)17-9-7-8-15(19)12-17/h7-9,12,16,20H,4-6,10-11,13-14H2,1-3H3. The quantitative estimate of drug-likeness (QED) is 0.733. The maximum atomic E-state index is 13.5. The van der Waals surface area contributed by atoms with Crippen molar-refractivity contribution >= 4 is 5.69 Å². The molecule has 0 amide bonds. The molecule has 1 aliphatic carbocycles. The SMILES string of the molecule is CCN(CC(CC)(CC)CNC1CC1)c1cccc(F)c1. The second kappa shape index (κ2) is 7.26. The van der Waals surface area contributed by atoms with Crippen LogP contribution >= 0.6 is 0 Å². The van der Waals surface area contributed by atoms with Crippen LogP contribution in [0.5, 0.6) is 0 Å². The summed E-state index contributed by atoms with van der Waals surface area (Å²) < 4.78 is 13.5. The number of nitrogens with one attached hydrogen (secondary N) is 1. The molecule has 1 aromatic rings.